The first-order valence-corrected chi connectivity index (χ1v) is 9.46. The maximum atomic E-state index is 13.0. The summed E-state index contributed by atoms with van der Waals surface area (Å²) in [7, 11) is 0. The molecule has 0 N–H and O–H groups in total. The van der Waals surface area contributed by atoms with Crippen LogP contribution in [0.3, 0.4) is 0 Å². The second-order valence-corrected chi connectivity index (χ2v) is 7.40. The minimum Gasteiger partial charge on any atom is -0.353 e. The Morgan fingerprint density at radius 2 is 1.80 bits per heavy atom. The van der Waals surface area contributed by atoms with Crippen LogP contribution in [0, 0.1) is 5.82 Å². The molecule has 2 aliphatic rings. The molecule has 0 atom stereocenters. The number of likely N-dealkylation sites (tertiary alicyclic amines) is 1. The summed E-state index contributed by atoms with van der Waals surface area (Å²) in [6, 6.07) is 11.4. The lowest BCUT2D eigenvalue weighted by atomic mass is 10.0. The van der Waals surface area contributed by atoms with Gasteiger partial charge in [-0.05, 0) is 55.0 Å². The largest absolute Gasteiger partial charge is 0.353 e. The topological polar surface area (TPSA) is 19.4 Å². The van der Waals surface area contributed by atoms with Gasteiger partial charge in [-0.2, -0.15) is 0 Å². The van der Waals surface area contributed by atoms with Crippen molar-refractivity contribution in [3.05, 3.63) is 58.5 Å². The lowest BCUT2D eigenvalue weighted by Crippen LogP contribution is -2.45. The van der Waals surface area contributed by atoms with E-state index in [1.165, 1.54) is 11.1 Å². The van der Waals surface area contributed by atoms with E-state index in [9.17, 15) is 4.39 Å². The maximum absolute atomic E-state index is 13.0. The van der Waals surface area contributed by atoms with Crippen LogP contribution < -0.4 is 4.90 Å². The molecule has 1 aromatic carbocycles. The summed E-state index contributed by atoms with van der Waals surface area (Å²) in [4.78, 5) is 9.53. The van der Waals surface area contributed by atoms with Gasteiger partial charge in [0.25, 0.3) is 0 Å². The van der Waals surface area contributed by atoms with E-state index in [4.69, 9.17) is 11.6 Å². The van der Waals surface area contributed by atoms with E-state index >= 15 is 0 Å². The Morgan fingerprint density at radius 1 is 1.04 bits per heavy atom. The van der Waals surface area contributed by atoms with Crippen LogP contribution in [0.25, 0.3) is 0 Å². The zero-order chi connectivity index (χ0) is 17.2. The van der Waals surface area contributed by atoms with Gasteiger partial charge >= 0.3 is 0 Å². The van der Waals surface area contributed by atoms with Gasteiger partial charge in [0.2, 0.25) is 0 Å². The van der Waals surface area contributed by atoms with Crippen molar-refractivity contribution in [2.45, 2.75) is 31.7 Å². The Bertz CT molecular complexity index is 726. The first-order chi connectivity index (χ1) is 12.2. The van der Waals surface area contributed by atoms with E-state index in [0.29, 0.717) is 11.2 Å². The number of anilines is 1. The highest BCUT2D eigenvalue weighted by Gasteiger charge is 2.30. The summed E-state index contributed by atoms with van der Waals surface area (Å²) in [5.41, 5.74) is 2.53. The highest BCUT2D eigenvalue weighted by molar-refractivity contribution is 6.29. The van der Waals surface area contributed by atoms with Crippen molar-refractivity contribution in [2.24, 2.45) is 0 Å². The fraction of sp³-hybridized carbons (Fsp3) is 0.450. The predicted octanol–water partition coefficient (Wildman–Crippen LogP) is 3.94. The predicted molar refractivity (Wildman–Crippen MR) is 99.9 cm³/mol. The van der Waals surface area contributed by atoms with Crippen molar-refractivity contribution in [2.75, 3.05) is 31.1 Å². The molecular formula is C20H23ClFN3. The monoisotopic (exact) mass is 359 g/mol. The van der Waals surface area contributed by atoms with Crippen LogP contribution in [0.2, 0.25) is 5.15 Å². The third-order valence-corrected chi connectivity index (χ3v) is 5.65. The van der Waals surface area contributed by atoms with E-state index in [1.807, 2.05) is 18.2 Å². The van der Waals surface area contributed by atoms with Gasteiger partial charge in [0.1, 0.15) is 16.8 Å². The van der Waals surface area contributed by atoms with E-state index in [1.54, 1.807) is 12.1 Å². The number of nitrogens with zero attached hydrogens (tertiary/aromatic N) is 3. The second kappa shape index (κ2) is 7.30. The molecule has 0 aliphatic carbocycles. The zero-order valence-electron chi connectivity index (χ0n) is 14.3. The third kappa shape index (κ3) is 3.80. The van der Waals surface area contributed by atoms with Crippen molar-refractivity contribution in [3.63, 3.8) is 0 Å². The summed E-state index contributed by atoms with van der Waals surface area (Å²) >= 11 is 6.09. The molecule has 1 saturated heterocycles. The fourth-order valence-corrected chi connectivity index (χ4v) is 4.14. The van der Waals surface area contributed by atoms with Gasteiger partial charge in [0.05, 0.1) is 0 Å². The molecule has 0 unspecified atom stereocenters. The standard InChI is InChI=1S/C20H23ClFN3/c21-19-6-3-16-8-14-25(20(16)23-19)18-9-12-24(13-10-18)11-7-15-1-4-17(22)5-2-15/h1-6,18H,7-14H2. The number of pyridine rings is 1. The molecule has 4 rings (SSSR count). The molecule has 0 radical (unpaired) electrons. The van der Waals surface area contributed by atoms with Crippen molar-refractivity contribution in [1.82, 2.24) is 9.88 Å². The lowest BCUT2D eigenvalue weighted by molar-refractivity contribution is 0.211. The van der Waals surface area contributed by atoms with Gasteiger partial charge in [-0.15, -0.1) is 0 Å². The van der Waals surface area contributed by atoms with E-state index < -0.39 is 0 Å². The molecular weight excluding hydrogens is 337 g/mol. The van der Waals surface area contributed by atoms with Crippen LogP contribution in [-0.4, -0.2) is 42.1 Å². The summed E-state index contributed by atoms with van der Waals surface area (Å²) in [6.45, 7) is 4.32. The number of rotatable bonds is 4. The van der Waals surface area contributed by atoms with Gasteiger partial charge in [0.15, 0.2) is 0 Å². The van der Waals surface area contributed by atoms with Crippen LogP contribution in [-0.2, 0) is 12.8 Å². The number of piperidine rings is 1. The highest BCUT2D eigenvalue weighted by atomic mass is 35.5. The third-order valence-electron chi connectivity index (χ3n) is 5.44. The Hall–Kier alpha value is -1.65. The molecule has 3 heterocycles. The van der Waals surface area contributed by atoms with Crippen LogP contribution in [0.4, 0.5) is 10.2 Å². The molecule has 0 bridgehead atoms. The minimum atomic E-state index is -0.163. The minimum absolute atomic E-state index is 0.163. The zero-order valence-corrected chi connectivity index (χ0v) is 15.1. The molecule has 1 aromatic heterocycles. The van der Waals surface area contributed by atoms with Gasteiger partial charge in [-0.3, -0.25) is 0 Å². The maximum Gasteiger partial charge on any atom is 0.133 e. The quantitative estimate of drug-likeness (QED) is 0.771. The van der Waals surface area contributed by atoms with E-state index in [0.717, 1.165) is 57.7 Å². The highest BCUT2D eigenvalue weighted by Crippen LogP contribution is 2.32. The number of halogens is 2. The Morgan fingerprint density at radius 3 is 2.56 bits per heavy atom. The molecule has 25 heavy (non-hydrogen) atoms. The SMILES string of the molecule is Fc1ccc(CCN2CCC(N3CCc4ccc(Cl)nc43)CC2)cc1. The molecule has 132 valence electrons. The molecule has 0 amide bonds. The average Bonchev–Trinajstić information content (AvgIpc) is 3.05. The average molecular weight is 360 g/mol. The fourth-order valence-electron chi connectivity index (χ4n) is 3.99. The van der Waals surface area contributed by atoms with Crippen LogP contribution >= 0.6 is 11.6 Å². The first kappa shape index (κ1) is 16.8. The van der Waals surface area contributed by atoms with Crippen molar-refractivity contribution >= 4 is 17.4 Å². The van der Waals surface area contributed by atoms with Gasteiger partial charge < -0.3 is 9.80 Å². The Balaban J connectivity index is 1.30. The van der Waals surface area contributed by atoms with Crippen LogP contribution in [0.1, 0.15) is 24.0 Å². The molecule has 2 aliphatic heterocycles. The number of hydrogen-bond acceptors (Lipinski definition) is 3. The summed E-state index contributed by atoms with van der Waals surface area (Å²) in [5, 5.41) is 0.586. The van der Waals surface area contributed by atoms with Crippen LogP contribution in [0.5, 0.6) is 0 Å². The van der Waals surface area contributed by atoms with Crippen molar-refractivity contribution < 1.29 is 4.39 Å². The number of fused-ring (bicyclic) bond motifs is 1. The van der Waals surface area contributed by atoms with Gasteiger partial charge in [-0.25, -0.2) is 9.37 Å². The van der Waals surface area contributed by atoms with Crippen molar-refractivity contribution in [1.29, 1.82) is 0 Å². The summed E-state index contributed by atoms with van der Waals surface area (Å²) < 4.78 is 13.0. The number of aromatic nitrogens is 1. The smallest absolute Gasteiger partial charge is 0.133 e. The molecule has 0 saturated carbocycles. The van der Waals surface area contributed by atoms with Crippen molar-refractivity contribution in [3.8, 4) is 0 Å². The first-order valence-electron chi connectivity index (χ1n) is 9.08. The lowest BCUT2D eigenvalue weighted by Gasteiger charge is -2.37. The second-order valence-electron chi connectivity index (χ2n) is 7.01. The number of benzene rings is 1. The van der Waals surface area contributed by atoms with Gasteiger partial charge in [-0.1, -0.05) is 29.8 Å². The Kier molecular flexibility index (Phi) is 4.91. The summed E-state index contributed by atoms with van der Waals surface area (Å²) in [5.74, 6) is 0.932. The van der Waals surface area contributed by atoms with Gasteiger partial charge in [0, 0.05) is 32.2 Å². The molecule has 0 spiro atoms. The van der Waals surface area contributed by atoms with E-state index in [2.05, 4.69) is 20.9 Å². The number of hydrogen-bond donors (Lipinski definition) is 0. The van der Waals surface area contributed by atoms with E-state index in [-0.39, 0.29) is 5.82 Å². The molecule has 2 aromatic rings. The molecule has 1 fully saturated rings. The normalized spacial score (nSPS) is 18.6. The molecule has 5 heteroatoms. The molecule has 3 nitrogen and oxygen atoms in total. The Labute approximate surface area is 153 Å². The van der Waals surface area contributed by atoms with Crippen LogP contribution in [0.15, 0.2) is 36.4 Å². The summed E-state index contributed by atoms with van der Waals surface area (Å²) in [6.07, 6.45) is 4.38.